The molecule has 0 spiro atoms. The minimum absolute atomic E-state index is 0.573. The summed E-state index contributed by atoms with van der Waals surface area (Å²) in [6.07, 6.45) is 5.53. The van der Waals surface area contributed by atoms with Gasteiger partial charge in [0.05, 0.1) is 4.48 Å². The van der Waals surface area contributed by atoms with Crippen LogP contribution in [0.15, 0.2) is 10.7 Å². The van der Waals surface area contributed by atoms with Gasteiger partial charge < -0.3 is 15.6 Å². The highest BCUT2D eigenvalue weighted by Crippen LogP contribution is 2.08. The molecule has 0 aliphatic carbocycles. The molecule has 0 amide bonds. The Morgan fingerprint density at radius 1 is 1.54 bits per heavy atom. The largest absolute Gasteiger partial charge is 0.387 e. The molecule has 0 bridgehead atoms. The molecule has 0 atom stereocenters. The van der Waals surface area contributed by atoms with Crippen molar-refractivity contribution in [2.75, 3.05) is 20.1 Å². The highest BCUT2D eigenvalue weighted by Gasteiger charge is 2.14. The fraction of sp³-hybridized carbons (Fsp3) is 0.667. The van der Waals surface area contributed by atoms with Crippen LogP contribution in [0, 0.1) is 5.41 Å². The predicted octanol–water partition coefficient (Wildman–Crippen LogP) is 1.56. The van der Waals surface area contributed by atoms with E-state index < -0.39 is 0 Å². The summed E-state index contributed by atoms with van der Waals surface area (Å²) in [4.78, 5) is 2.34. The number of allylic oxidation sites excluding steroid dienone is 1. The van der Waals surface area contributed by atoms with E-state index in [-0.39, 0.29) is 0 Å². The number of likely N-dealkylation sites (tertiary alicyclic amines) is 1. The van der Waals surface area contributed by atoms with Gasteiger partial charge in [0.1, 0.15) is 0 Å². The maximum Gasteiger partial charge on any atom is 0.0507 e. The molecular weight excluding hydrogens is 230 g/mol. The van der Waals surface area contributed by atoms with Crippen LogP contribution in [0.2, 0.25) is 0 Å². The van der Waals surface area contributed by atoms with E-state index >= 15 is 0 Å². The summed E-state index contributed by atoms with van der Waals surface area (Å²) in [5, 5.41) is 10.3. The lowest BCUT2D eigenvalue weighted by atomic mass is 10.1. The van der Waals surface area contributed by atoms with Crippen molar-refractivity contribution < 1.29 is 0 Å². The van der Waals surface area contributed by atoms with E-state index in [4.69, 9.17) is 5.41 Å². The van der Waals surface area contributed by atoms with E-state index in [1.165, 1.54) is 19.1 Å². The number of piperidine rings is 1. The smallest absolute Gasteiger partial charge is 0.0507 e. The van der Waals surface area contributed by atoms with Crippen LogP contribution in [-0.4, -0.2) is 37.3 Å². The highest BCUT2D eigenvalue weighted by molar-refractivity contribution is 9.12. The molecule has 0 unspecified atom stereocenters. The third kappa shape index (κ3) is 3.91. The Morgan fingerprint density at radius 2 is 2.15 bits per heavy atom. The summed E-state index contributed by atoms with van der Waals surface area (Å²) in [5.74, 6) is 0. The number of rotatable bonds is 3. The van der Waals surface area contributed by atoms with Crippen LogP contribution in [0.3, 0.4) is 0 Å². The van der Waals surface area contributed by atoms with Gasteiger partial charge in [-0.1, -0.05) is 0 Å². The zero-order valence-electron chi connectivity index (χ0n) is 7.89. The number of hydrogen-bond acceptors (Lipinski definition) is 3. The zero-order valence-corrected chi connectivity index (χ0v) is 9.47. The molecule has 3 nitrogen and oxygen atoms in total. The molecule has 1 fully saturated rings. The van der Waals surface area contributed by atoms with E-state index in [0.717, 1.165) is 17.6 Å². The SMILES string of the molecule is CN1CCC(N/C=C(/Br)C=N)CC1. The number of hydrogen-bond donors (Lipinski definition) is 2. The third-order valence-corrected chi connectivity index (χ3v) is 2.77. The molecule has 74 valence electrons. The van der Waals surface area contributed by atoms with Crippen molar-refractivity contribution in [1.29, 1.82) is 5.41 Å². The molecule has 0 aromatic rings. The van der Waals surface area contributed by atoms with Crippen LogP contribution in [0.4, 0.5) is 0 Å². The van der Waals surface area contributed by atoms with E-state index in [2.05, 4.69) is 33.2 Å². The first-order valence-corrected chi connectivity index (χ1v) is 5.32. The minimum atomic E-state index is 0.573. The zero-order chi connectivity index (χ0) is 9.68. The van der Waals surface area contributed by atoms with Crippen molar-refractivity contribution in [3.05, 3.63) is 10.7 Å². The Balaban J connectivity index is 2.26. The van der Waals surface area contributed by atoms with Gasteiger partial charge in [0.2, 0.25) is 0 Å². The van der Waals surface area contributed by atoms with Crippen molar-refractivity contribution >= 4 is 22.1 Å². The molecule has 2 N–H and O–H groups in total. The van der Waals surface area contributed by atoms with Crippen molar-refractivity contribution in [3.63, 3.8) is 0 Å². The Morgan fingerprint density at radius 3 is 2.69 bits per heavy atom. The van der Waals surface area contributed by atoms with Gasteiger partial charge in [-0.15, -0.1) is 0 Å². The lowest BCUT2D eigenvalue weighted by Gasteiger charge is -2.29. The van der Waals surface area contributed by atoms with Crippen molar-refractivity contribution in [1.82, 2.24) is 10.2 Å². The van der Waals surface area contributed by atoms with Crippen molar-refractivity contribution in [2.24, 2.45) is 0 Å². The molecule has 1 aliphatic rings. The van der Waals surface area contributed by atoms with Gasteiger partial charge in [0.25, 0.3) is 0 Å². The van der Waals surface area contributed by atoms with Gasteiger partial charge in [-0.3, -0.25) is 0 Å². The van der Waals surface area contributed by atoms with E-state index in [1.807, 2.05) is 6.20 Å². The Labute approximate surface area is 87.8 Å². The normalized spacial score (nSPS) is 21.5. The van der Waals surface area contributed by atoms with Gasteiger partial charge in [-0.25, -0.2) is 0 Å². The summed E-state index contributed by atoms with van der Waals surface area (Å²) >= 11 is 3.26. The molecule has 1 aliphatic heterocycles. The minimum Gasteiger partial charge on any atom is -0.387 e. The highest BCUT2D eigenvalue weighted by atomic mass is 79.9. The van der Waals surface area contributed by atoms with E-state index in [1.54, 1.807) is 0 Å². The first-order chi connectivity index (χ1) is 6.22. The predicted molar refractivity (Wildman–Crippen MR) is 59.4 cm³/mol. The van der Waals surface area contributed by atoms with Crippen LogP contribution < -0.4 is 5.32 Å². The topological polar surface area (TPSA) is 39.1 Å². The molecule has 1 rings (SSSR count). The molecule has 1 heterocycles. The molecule has 0 saturated carbocycles. The maximum atomic E-state index is 6.97. The summed E-state index contributed by atoms with van der Waals surface area (Å²) in [7, 11) is 2.15. The first kappa shape index (κ1) is 10.7. The van der Waals surface area contributed by atoms with Gasteiger partial charge in [-0.2, -0.15) is 0 Å². The lowest BCUT2D eigenvalue weighted by Crippen LogP contribution is -2.38. The van der Waals surface area contributed by atoms with Crippen molar-refractivity contribution in [2.45, 2.75) is 18.9 Å². The molecule has 1 saturated heterocycles. The van der Waals surface area contributed by atoms with E-state index in [0.29, 0.717) is 6.04 Å². The van der Waals surface area contributed by atoms with Gasteiger partial charge >= 0.3 is 0 Å². The lowest BCUT2D eigenvalue weighted by molar-refractivity contribution is 0.244. The van der Waals surface area contributed by atoms with Crippen LogP contribution in [0.25, 0.3) is 0 Å². The quantitative estimate of drug-likeness (QED) is 0.742. The second-order valence-corrected chi connectivity index (χ2v) is 4.33. The number of halogens is 1. The molecule has 0 aromatic heterocycles. The summed E-state index contributed by atoms with van der Waals surface area (Å²) in [6, 6.07) is 0.573. The first-order valence-electron chi connectivity index (χ1n) is 4.53. The standard InChI is InChI=1S/C9H16BrN3/c1-13-4-2-9(3-5-13)12-7-8(10)6-11/h6-7,9,11-12H,2-5H2,1H3/b8-7+,11-6?. The number of nitrogens with one attached hydrogen (secondary N) is 2. The average molecular weight is 246 g/mol. The van der Waals surface area contributed by atoms with E-state index in [9.17, 15) is 0 Å². The summed E-state index contributed by atoms with van der Waals surface area (Å²) in [5.41, 5.74) is 0. The van der Waals surface area contributed by atoms with Crippen LogP contribution in [0.5, 0.6) is 0 Å². The van der Waals surface area contributed by atoms with Crippen LogP contribution >= 0.6 is 15.9 Å². The molecule has 4 heteroatoms. The van der Waals surface area contributed by atoms with Gasteiger partial charge in [0.15, 0.2) is 0 Å². The summed E-state index contributed by atoms with van der Waals surface area (Å²) in [6.45, 7) is 2.32. The monoisotopic (exact) mass is 245 g/mol. The summed E-state index contributed by atoms with van der Waals surface area (Å²) < 4.78 is 0.798. The second kappa shape index (κ2) is 5.40. The van der Waals surface area contributed by atoms with Crippen LogP contribution in [-0.2, 0) is 0 Å². The van der Waals surface area contributed by atoms with Gasteiger partial charge in [0, 0.05) is 18.5 Å². The fourth-order valence-corrected chi connectivity index (χ4v) is 1.55. The second-order valence-electron chi connectivity index (χ2n) is 3.42. The third-order valence-electron chi connectivity index (χ3n) is 2.31. The number of nitrogens with zero attached hydrogens (tertiary/aromatic N) is 1. The Bertz CT molecular complexity index is 195. The van der Waals surface area contributed by atoms with Gasteiger partial charge in [-0.05, 0) is 48.9 Å². The molecule has 0 radical (unpaired) electrons. The van der Waals surface area contributed by atoms with Crippen molar-refractivity contribution in [3.8, 4) is 0 Å². The molecular formula is C9H16BrN3. The Kier molecular flexibility index (Phi) is 4.45. The molecule has 0 aromatic carbocycles. The maximum absolute atomic E-state index is 6.97. The average Bonchev–Trinajstić information content (AvgIpc) is 2.16. The fourth-order valence-electron chi connectivity index (χ4n) is 1.41. The Hall–Kier alpha value is -0.350. The molecule has 13 heavy (non-hydrogen) atoms. The van der Waals surface area contributed by atoms with Crippen LogP contribution in [0.1, 0.15) is 12.8 Å².